The molecule has 2 aromatic carbocycles. The van der Waals surface area contributed by atoms with E-state index in [2.05, 4.69) is 0 Å². The molecule has 0 aliphatic heterocycles. The van der Waals surface area contributed by atoms with E-state index in [-0.39, 0.29) is 5.69 Å². The predicted molar refractivity (Wildman–Crippen MR) is 68.7 cm³/mol. The second-order valence-corrected chi connectivity index (χ2v) is 4.96. The number of para-hydroxylation sites is 1. The number of hydrogen-bond acceptors (Lipinski definition) is 3. The van der Waals surface area contributed by atoms with Crippen LogP contribution in [0.4, 0.5) is 18.9 Å². The first kappa shape index (κ1) is 14.4. The summed E-state index contributed by atoms with van der Waals surface area (Å²) in [5.41, 5.74) is -0.818. The predicted octanol–water partition coefficient (Wildman–Crippen LogP) is 4.76. The number of hydrogen-bond donors (Lipinski definition) is 0. The van der Waals surface area contributed by atoms with E-state index in [1.54, 1.807) is 12.1 Å². The van der Waals surface area contributed by atoms with Gasteiger partial charge in [0.1, 0.15) is 0 Å². The van der Waals surface area contributed by atoms with Gasteiger partial charge in [-0.15, -0.1) is 0 Å². The molecule has 0 heterocycles. The lowest BCUT2D eigenvalue weighted by atomic mass is 10.2. The van der Waals surface area contributed by atoms with Crippen LogP contribution in [0.25, 0.3) is 0 Å². The van der Waals surface area contributed by atoms with Gasteiger partial charge in [0.05, 0.1) is 15.4 Å². The van der Waals surface area contributed by atoms with Gasteiger partial charge in [-0.2, -0.15) is 13.2 Å². The Morgan fingerprint density at radius 2 is 1.60 bits per heavy atom. The molecule has 20 heavy (non-hydrogen) atoms. The van der Waals surface area contributed by atoms with E-state index >= 15 is 0 Å². The number of halogens is 3. The first-order valence-corrected chi connectivity index (χ1v) is 6.28. The molecule has 0 atom stereocenters. The van der Waals surface area contributed by atoms with Gasteiger partial charge in [-0.25, -0.2) is 0 Å². The van der Waals surface area contributed by atoms with Gasteiger partial charge in [0.25, 0.3) is 5.69 Å². The lowest BCUT2D eigenvalue weighted by molar-refractivity contribution is -0.387. The van der Waals surface area contributed by atoms with Gasteiger partial charge in [-0.1, -0.05) is 23.9 Å². The minimum absolute atomic E-state index is 0.0719. The molecule has 7 heteroatoms. The number of nitrogens with zero attached hydrogens (tertiary/aromatic N) is 1. The van der Waals surface area contributed by atoms with Crippen LogP contribution in [-0.4, -0.2) is 4.92 Å². The van der Waals surface area contributed by atoms with Crippen molar-refractivity contribution in [2.75, 3.05) is 0 Å². The van der Waals surface area contributed by atoms with Crippen molar-refractivity contribution >= 4 is 17.4 Å². The maximum Gasteiger partial charge on any atom is 0.416 e. The van der Waals surface area contributed by atoms with Crippen molar-refractivity contribution in [3.63, 3.8) is 0 Å². The second kappa shape index (κ2) is 5.54. The zero-order valence-corrected chi connectivity index (χ0v) is 10.7. The summed E-state index contributed by atoms with van der Waals surface area (Å²) < 4.78 is 37.3. The monoisotopic (exact) mass is 299 g/mol. The Labute approximate surface area is 116 Å². The Kier molecular flexibility index (Phi) is 3.99. The highest BCUT2D eigenvalue weighted by atomic mass is 32.2. The third kappa shape index (κ3) is 3.30. The van der Waals surface area contributed by atoms with Crippen LogP contribution in [0.5, 0.6) is 0 Å². The molecule has 0 radical (unpaired) electrons. The molecule has 2 rings (SSSR count). The van der Waals surface area contributed by atoms with Crippen LogP contribution >= 0.6 is 11.8 Å². The van der Waals surface area contributed by atoms with Gasteiger partial charge < -0.3 is 0 Å². The fourth-order valence-electron chi connectivity index (χ4n) is 1.53. The first-order chi connectivity index (χ1) is 9.38. The summed E-state index contributed by atoms with van der Waals surface area (Å²) in [5, 5.41) is 10.8. The molecular formula is C13H8F3NO2S. The highest BCUT2D eigenvalue weighted by Gasteiger charge is 2.30. The Balaban J connectivity index is 2.25. The highest BCUT2D eigenvalue weighted by Crippen LogP contribution is 2.36. The summed E-state index contributed by atoms with van der Waals surface area (Å²) in [6, 6.07) is 10.6. The summed E-state index contributed by atoms with van der Waals surface area (Å²) in [6.45, 7) is 0. The van der Waals surface area contributed by atoms with Gasteiger partial charge in [0, 0.05) is 11.0 Å². The molecule has 0 amide bonds. The van der Waals surface area contributed by atoms with Crippen LogP contribution in [-0.2, 0) is 6.18 Å². The molecule has 0 aliphatic carbocycles. The lowest BCUT2D eigenvalue weighted by Crippen LogP contribution is -2.03. The Bertz CT molecular complexity index is 626. The quantitative estimate of drug-likeness (QED) is 0.606. The van der Waals surface area contributed by atoms with Crippen molar-refractivity contribution in [2.45, 2.75) is 16.0 Å². The summed E-state index contributed by atoms with van der Waals surface area (Å²) in [6.07, 6.45) is -4.39. The lowest BCUT2D eigenvalue weighted by Gasteiger charge is -2.07. The zero-order chi connectivity index (χ0) is 14.8. The van der Waals surface area contributed by atoms with Crippen LogP contribution in [0.3, 0.4) is 0 Å². The van der Waals surface area contributed by atoms with E-state index in [0.29, 0.717) is 9.79 Å². The molecule has 3 nitrogen and oxygen atoms in total. The van der Waals surface area contributed by atoms with E-state index in [9.17, 15) is 23.3 Å². The van der Waals surface area contributed by atoms with Gasteiger partial charge >= 0.3 is 6.18 Å². The number of alkyl halides is 3. The number of nitro groups is 1. The van der Waals surface area contributed by atoms with Gasteiger partial charge in [0.15, 0.2) is 0 Å². The van der Waals surface area contributed by atoms with Gasteiger partial charge in [-0.3, -0.25) is 10.1 Å². The number of rotatable bonds is 3. The van der Waals surface area contributed by atoms with Gasteiger partial charge in [-0.05, 0) is 30.3 Å². The summed E-state index contributed by atoms with van der Waals surface area (Å²) in [4.78, 5) is 11.2. The summed E-state index contributed by atoms with van der Waals surface area (Å²) in [5.74, 6) is 0. The molecule has 0 N–H and O–H groups in total. The molecule has 104 valence electrons. The zero-order valence-electron chi connectivity index (χ0n) is 9.92. The van der Waals surface area contributed by atoms with Crippen LogP contribution in [0.15, 0.2) is 58.3 Å². The van der Waals surface area contributed by atoms with E-state index in [4.69, 9.17) is 0 Å². The molecule has 2 aromatic rings. The van der Waals surface area contributed by atoms with Crippen molar-refractivity contribution in [2.24, 2.45) is 0 Å². The third-order valence-electron chi connectivity index (χ3n) is 2.47. The standard InChI is InChI=1S/C13H8F3NO2S/c14-13(15,16)9-5-7-10(8-6-9)20-12-4-2-1-3-11(12)17(18)19/h1-8H. The topological polar surface area (TPSA) is 43.1 Å². The minimum atomic E-state index is -4.39. The van der Waals surface area contributed by atoms with E-state index in [1.165, 1.54) is 24.3 Å². The third-order valence-corrected chi connectivity index (χ3v) is 3.54. The van der Waals surface area contributed by atoms with Crippen molar-refractivity contribution in [3.8, 4) is 0 Å². The van der Waals surface area contributed by atoms with Crippen LogP contribution in [0, 0.1) is 10.1 Å². The molecule has 0 fully saturated rings. The Hall–Kier alpha value is -2.02. The van der Waals surface area contributed by atoms with Crippen molar-refractivity contribution in [1.29, 1.82) is 0 Å². The van der Waals surface area contributed by atoms with E-state index in [0.717, 1.165) is 23.9 Å². The minimum Gasteiger partial charge on any atom is -0.258 e. The van der Waals surface area contributed by atoms with Crippen molar-refractivity contribution < 1.29 is 18.1 Å². The largest absolute Gasteiger partial charge is 0.416 e. The van der Waals surface area contributed by atoms with E-state index in [1.807, 2.05) is 0 Å². The molecule has 0 saturated carbocycles. The maximum atomic E-state index is 12.4. The van der Waals surface area contributed by atoms with Crippen molar-refractivity contribution in [1.82, 2.24) is 0 Å². The Morgan fingerprint density at radius 1 is 1.00 bits per heavy atom. The van der Waals surface area contributed by atoms with Crippen LogP contribution in [0.2, 0.25) is 0 Å². The average Bonchev–Trinajstić information content (AvgIpc) is 2.38. The van der Waals surface area contributed by atoms with Gasteiger partial charge in [0.2, 0.25) is 0 Å². The van der Waals surface area contributed by atoms with Crippen LogP contribution < -0.4 is 0 Å². The smallest absolute Gasteiger partial charge is 0.258 e. The molecule has 0 spiro atoms. The molecule has 0 saturated heterocycles. The normalized spacial score (nSPS) is 11.3. The van der Waals surface area contributed by atoms with Crippen LogP contribution in [0.1, 0.15) is 5.56 Å². The first-order valence-electron chi connectivity index (χ1n) is 5.46. The Morgan fingerprint density at radius 3 is 2.15 bits per heavy atom. The second-order valence-electron chi connectivity index (χ2n) is 3.85. The fraction of sp³-hybridized carbons (Fsp3) is 0.0769. The van der Waals surface area contributed by atoms with Crippen molar-refractivity contribution in [3.05, 3.63) is 64.2 Å². The molecule has 0 bridgehead atoms. The summed E-state index contributed by atoms with van der Waals surface area (Å²) in [7, 11) is 0. The summed E-state index contributed by atoms with van der Waals surface area (Å²) >= 11 is 1.05. The molecular weight excluding hydrogens is 291 g/mol. The number of nitro benzene ring substituents is 1. The fourth-order valence-corrected chi connectivity index (χ4v) is 2.45. The highest BCUT2D eigenvalue weighted by molar-refractivity contribution is 7.99. The maximum absolute atomic E-state index is 12.4. The SMILES string of the molecule is O=[N+]([O-])c1ccccc1Sc1ccc(C(F)(F)F)cc1. The number of benzene rings is 2. The average molecular weight is 299 g/mol. The van der Waals surface area contributed by atoms with E-state index < -0.39 is 16.7 Å². The molecule has 0 aliphatic rings. The molecule has 0 unspecified atom stereocenters. The molecule has 0 aromatic heterocycles.